The Morgan fingerprint density at radius 3 is 2.56 bits per heavy atom. The molecule has 1 aliphatic carbocycles. The molecule has 2 nitrogen and oxygen atoms in total. The van der Waals surface area contributed by atoms with Crippen molar-refractivity contribution in [3.63, 3.8) is 0 Å². The maximum atomic E-state index is 13.6. The summed E-state index contributed by atoms with van der Waals surface area (Å²) in [4.78, 5) is 0. The number of hydrogen-bond donors (Lipinski definition) is 1. The molecule has 1 aromatic rings. The van der Waals surface area contributed by atoms with Crippen LogP contribution >= 0.6 is 0 Å². The molecule has 0 radical (unpaired) electrons. The van der Waals surface area contributed by atoms with Crippen LogP contribution in [-0.4, -0.2) is 7.11 Å². The highest BCUT2D eigenvalue weighted by molar-refractivity contribution is 5.40. The van der Waals surface area contributed by atoms with Gasteiger partial charge in [-0.05, 0) is 18.9 Å². The smallest absolute Gasteiger partial charge is 0.165 e. The summed E-state index contributed by atoms with van der Waals surface area (Å²) in [5, 5.41) is 0. The van der Waals surface area contributed by atoms with Crippen LogP contribution in [0, 0.1) is 5.82 Å². The van der Waals surface area contributed by atoms with Gasteiger partial charge in [0.1, 0.15) is 0 Å². The van der Waals surface area contributed by atoms with Crippen molar-refractivity contribution in [2.45, 2.75) is 37.6 Å². The van der Waals surface area contributed by atoms with Crippen LogP contribution in [0.1, 0.15) is 37.7 Å². The molecule has 88 valence electrons. The van der Waals surface area contributed by atoms with Gasteiger partial charge in [0.25, 0.3) is 0 Å². The van der Waals surface area contributed by atoms with Crippen molar-refractivity contribution in [2.75, 3.05) is 7.11 Å². The van der Waals surface area contributed by atoms with E-state index >= 15 is 0 Å². The molecule has 0 atom stereocenters. The molecule has 2 N–H and O–H groups in total. The summed E-state index contributed by atoms with van der Waals surface area (Å²) in [5.74, 6) is -0.0118. The van der Waals surface area contributed by atoms with E-state index in [1.54, 1.807) is 6.07 Å². The lowest BCUT2D eigenvalue weighted by Gasteiger charge is -2.34. The molecule has 3 heteroatoms. The maximum absolute atomic E-state index is 13.6. The number of hydrogen-bond acceptors (Lipinski definition) is 2. The van der Waals surface area contributed by atoms with E-state index in [1.807, 2.05) is 6.07 Å². The topological polar surface area (TPSA) is 35.2 Å². The van der Waals surface area contributed by atoms with Crippen molar-refractivity contribution in [3.05, 3.63) is 29.6 Å². The van der Waals surface area contributed by atoms with Crippen LogP contribution in [0.5, 0.6) is 5.75 Å². The fourth-order valence-electron chi connectivity index (χ4n) is 2.56. The fraction of sp³-hybridized carbons (Fsp3) is 0.538. The fourth-order valence-corrected chi connectivity index (χ4v) is 2.56. The molecule has 0 aliphatic heterocycles. The standard InChI is InChI=1S/C13H18FNO/c1-16-12-10(6-5-7-11(12)14)13(15)8-3-2-4-9-13/h5-7H,2-4,8-9,15H2,1H3. The van der Waals surface area contributed by atoms with Crippen molar-refractivity contribution < 1.29 is 9.13 Å². The van der Waals surface area contributed by atoms with Crippen LogP contribution in [0.15, 0.2) is 18.2 Å². The third kappa shape index (κ3) is 1.92. The highest BCUT2D eigenvalue weighted by atomic mass is 19.1. The SMILES string of the molecule is COc1c(F)cccc1C1(N)CCCCC1. The highest BCUT2D eigenvalue weighted by Crippen LogP contribution is 2.39. The van der Waals surface area contributed by atoms with Gasteiger partial charge in [-0.3, -0.25) is 0 Å². The van der Waals surface area contributed by atoms with Crippen LogP contribution in [0.4, 0.5) is 4.39 Å². The van der Waals surface area contributed by atoms with E-state index in [1.165, 1.54) is 19.6 Å². The summed E-state index contributed by atoms with van der Waals surface area (Å²) in [6.07, 6.45) is 5.25. The molecule has 1 fully saturated rings. The van der Waals surface area contributed by atoms with Crippen LogP contribution in [0.2, 0.25) is 0 Å². The molecular weight excluding hydrogens is 205 g/mol. The van der Waals surface area contributed by atoms with Gasteiger partial charge in [-0.25, -0.2) is 4.39 Å². The molecule has 1 aromatic carbocycles. The average Bonchev–Trinajstić information content (AvgIpc) is 2.29. The second-order valence-electron chi connectivity index (χ2n) is 4.54. The van der Waals surface area contributed by atoms with E-state index in [0.717, 1.165) is 31.2 Å². The van der Waals surface area contributed by atoms with Crippen LogP contribution in [0.3, 0.4) is 0 Å². The summed E-state index contributed by atoms with van der Waals surface area (Å²) in [5.41, 5.74) is 6.78. The Kier molecular flexibility index (Phi) is 3.15. The molecule has 0 unspecified atom stereocenters. The second kappa shape index (κ2) is 4.42. The average molecular weight is 223 g/mol. The number of methoxy groups -OCH3 is 1. The second-order valence-corrected chi connectivity index (χ2v) is 4.54. The van der Waals surface area contributed by atoms with Crippen LogP contribution in [0.25, 0.3) is 0 Å². The molecule has 0 saturated heterocycles. The Morgan fingerprint density at radius 1 is 1.25 bits per heavy atom. The van der Waals surface area contributed by atoms with E-state index in [2.05, 4.69) is 0 Å². The van der Waals surface area contributed by atoms with Crippen molar-refractivity contribution in [2.24, 2.45) is 5.73 Å². The first-order valence-electron chi connectivity index (χ1n) is 5.79. The molecule has 0 spiro atoms. The number of benzene rings is 1. The van der Waals surface area contributed by atoms with Crippen LogP contribution < -0.4 is 10.5 Å². The summed E-state index contributed by atoms with van der Waals surface area (Å²) in [7, 11) is 1.49. The molecule has 2 rings (SSSR count). The number of ether oxygens (including phenoxy) is 1. The van der Waals surface area contributed by atoms with Gasteiger partial charge in [0.05, 0.1) is 7.11 Å². The van der Waals surface area contributed by atoms with Gasteiger partial charge in [0.15, 0.2) is 11.6 Å². The lowest BCUT2D eigenvalue weighted by Crippen LogP contribution is -2.39. The van der Waals surface area contributed by atoms with E-state index in [9.17, 15) is 4.39 Å². The molecule has 0 aromatic heterocycles. The number of para-hydroxylation sites is 1. The summed E-state index contributed by atoms with van der Waals surface area (Å²) >= 11 is 0. The quantitative estimate of drug-likeness (QED) is 0.836. The van der Waals surface area contributed by atoms with Crippen LogP contribution in [-0.2, 0) is 5.54 Å². The number of nitrogens with two attached hydrogens (primary N) is 1. The molecule has 0 amide bonds. The van der Waals surface area contributed by atoms with Gasteiger partial charge in [-0.15, -0.1) is 0 Å². The Morgan fingerprint density at radius 2 is 1.94 bits per heavy atom. The number of halogens is 1. The first kappa shape index (κ1) is 11.4. The third-order valence-electron chi connectivity index (χ3n) is 3.45. The molecular formula is C13H18FNO. The summed E-state index contributed by atoms with van der Waals surface area (Å²) < 4.78 is 18.7. The van der Waals surface area contributed by atoms with E-state index in [0.29, 0.717) is 5.75 Å². The zero-order valence-electron chi connectivity index (χ0n) is 9.63. The Labute approximate surface area is 95.6 Å². The normalized spacial score (nSPS) is 19.4. The zero-order chi connectivity index (χ0) is 11.6. The Bertz CT molecular complexity index is 372. The largest absolute Gasteiger partial charge is 0.493 e. The molecule has 0 heterocycles. The van der Waals surface area contributed by atoms with Gasteiger partial charge in [0.2, 0.25) is 0 Å². The molecule has 1 aliphatic rings. The number of rotatable bonds is 2. The first-order valence-corrected chi connectivity index (χ1v) is 5.79. The lowest BCUT2D eigenvalue weighted by atomic mass is 9.77. The molecule has 0 bridgehead atoms. The van der Waals surface area contributed by atoms with Crippen molar-refractivity contribution in [3.8, 4) is 5.75 Å². The molecule has 16 heavy (non-hydrogen) atoms. The minimum absolute atomic E-state index is 0.312. The summed E-state index contributed by atoms with van der Waals surface area (Å²) in [6, 6.07) is 5.00. The predicted molar refractivity (Wildman–Crippen MR) is 61.9 cm³/mol. The van der Waals surface area contributed by atoms with Gasteiger partial charge in [-0.1, -0.05) is 31.4 Å². The third-order valence-corrected chi connectivity index (χ3v) is 3.45. The minimum atomic E-state index is -0.411. The highest BCUT2D eigenvalue weighted by Gasteiger charge is 2.32. The monoisotopic (exact) mass is 223 g/mol. The minimum Gasteiger partial charge on any atom is -0.493 e. The summed E-state index contributed by atoms with van der Waals surface area (Å²) in [6.45, 7) is 0. The first-order chi connectivity index (χ1) is 7.67. The van der Waals surface area contributed by atoms with Crippen molar-refractivity contribution in [1.29, 1.82) is 0 Å². The zero-order valence-corrected chi connectivity index (χ0v) is 9.63. The predicted octanol–water partition coefficient (Wildman–Crippen LogP) is 2.95. The van der Waals surface area contributed by atoms with Crippen molar-refractivity contribution >= 4 is 0 Å². The molecule has 1 saturated carbocycles. The van der Waals surface area contributed by atoms with Crippen molar-refractivity contribution in [1.82, 2.24) is 0 Å². The van der Waals surface area contributed by atoms with E-state index < -0.39 is 5.54 Å². The Balaban J connectivity index is 2.41. The van der Waals surface area contributed by atoms with E-state index in [-0.39, 0.29) is 5.82 Å². The lowest BCUT2D eigenvalue weighted by molar-refractivity contribution is 0.284. The Hall–Kier alpha value is -1.09. The van der Waals surface area contributed by atoms with E-state index in [4.69, 9.17) is 10.5 Å². The van der Waals surface area contributed by atoms with Gasteiger partial charge in [0, 0.05) is 11.1 Å². The van der Waals surface area contributed by atoms with Gasteiger partial charge >= 0.3 is 0 Å². The van der Waals surface area contributed by atoms with Gasteiger partial charge in [-0.2, -0.15) is 0 Å². The maximum Gasteiger partial charge on any atom is 0.165 e. The van der Waals surface area contributed by atoms with Gasteiger partial charge < -0.3 is 10.5 Å².